The van der Waals surface area contributed by atoms with Gasteiger partial charge in [-0.2, -0.15) is 8.78 Å². The average Bonchev–Trinajstić information content (AvgIpc) is 2.92. The summed E-state index contributed by atoms with van der Waals surface area (Å²) in [6, 6.07) is 5.55. The Morgan fingerprint density at radius 2 is 2.09 bits per heavy atom. The number of anilines is 1. The number of hydrogen-bond donors (Lipinski definition) is 0. The van der Waals surface area contributed by atoms with E-state index in [9.17, 15) is 8.78 Å². The van der Waals surface area contributed by atoms with Gasteiger partial charge in [0.05, 0.1) is 20.2 Å². The van der Waals surface area contributed by atoms with Crippen molar-refractivity contribution in [2.45, 2.75) is 32.4 Å². The smallest absolute Gasteiger partial charge is 0.318 e. The Morgan fingerprint density at radius 1 is 1.30 bits per heavy atom. The lowest BCUT2D eigenvalue weighted by molar-refractivity contribution is 0.112. The molecule has 1 aromatic heterocycles. The van der Waals surface area contributed by atoms with E-state index < -0.39 is 17.9 Å². The van der Waals surface area contributed by atoms with E-state index in [0.717, 1.165) is 5.56 Å². The molecule has 0 N–H and O–H groups in total. The van der Waals surface area contributed by atoms with Crippen LogP contribution in [0.25, 0.3) is 0 Å². The highest BCUT2D eigenvalue weighted by atomic mass is 19.3. The highest BCUT2D eigenvalue weighted by Gasteiger charge is 2.32. The summed E-state index contributed by atoms with van der Waals surface area (Å²) in [4.78, 5) is 1.73. The Kier molecular flexibility index (Phi) is 3.83. The fourth-order valence-corrected chi connectivity index (χ4v) is 2.52. The summed E-state index contributed by atoms with van der Waals surface area (Å²) in [5.41, 5.74) is 0.310. The van der Waals surface area contributed by atoms with Gasteiger partial charge in [-0.1, -0.05) is 5.10 Å². The van der Waals surface area contributed by atoms with E-state index in [4.69, 9.17) is 13.9 Å². The number of methoxy groups -OCH3 is 1. The van der Waals surface area contributed by atoms with Gasteiger partial charge in [-0.15, -0.1) is 5.10 Å². The van der Waals surface area contributed by atoms with Crippen molar-refractivity contribution < 1.29 is 22.7 Å². The first-order valence-corrected chi connectivity index (χ1v) is 7.10. The van der Waals surface area contributed by atoms with Gasteiger partial charge in [0.1, 0.15) is 17.1 Å². The van der Waals surface area contributed by atoms with Crippen LogP contribution in [0.2, 0.25) is 0 Å². The molecule has 0 bridgehead atoms. The molecule has 0 aliphatic carbocycles. The van der Waals surface area contributed by atoms with Crippen LogP contribution >= 0.6 is 0 Å². The number of nitrogens with zero attached hydrogens (tertiary/aromatic N) is 3. The van der Waals surface area contributed by atoms with Gasteiger partial charge >= 0.3 is 12.4 Å². The third-order valence-electron chi connectivity index (χ3n) is 3.48. The van der Waals surface area contributed by atoms with Gasteiger partial charge in [0, 0.05) is 11.6 Å². The standard InChI is InChI=1S/C15H17F2N3O3/c1-15(2)8-20(14-19-18-13(22-14)12(16)17)7-9-4-5-10(21-3)6-11(9)23-15/h4-6,12H,7-8H2,1-3H3. The van der Waals surface area contributed by atoms with Crippen LogP contribution in [-0.4, -0.2) is 29.5 Å². The molecule has 124 valence electrons. The van der Waals surface area contributed by atoms with E-state index in [1.54, 1.807) is 18.1 Å². The topological polar surface area (TPSA) is 60.6 Å². The van der Waals surface area contributed by atoms with Gasteiger partial charge in [-0.3, -0.25) is 0 Å². The van der Waals surface area contributed by atoms with E-state index in [2.05, 4.69) is 10.2 Å². The maximum Gasteiger partial charge on any atom is 0.318 e. The second-order valence-electron chi connectivity index (χ2n) is 5.92. The van der Waals surface area contributed by atoms with Crippen molar-refractivity contribution in [1.29, 1.82) is 0 Å². The number of ether oxygens (including phenoxy) is 2. The van der Waals surface area contributed by atoms with Crippen molar-refractivity contribution in [2.24, 2.45) is 0 Å². The highest BCUT2D eigenvalue weighted by Crippen LogP contribution is 2.34. The molecule has 1 aliphatic rings. The van der Waals surface area contributed by atoms with Gasteiger partial charge in [0.25, 0.3) is 5.89 Å². The molecule has 1 aliphatic heterocycles. The zero-order valence-electron chi connectivity index (χ0n) is 13.0. The molecule has 0 atom stereocenters. The van der Waals surface area contributed by atoms with E-state index in [1.165, 1.54) is 0 Å². The van der Waals surface area contributed by atoms with E-state index >= 15 is 0 Å². The summed E-state index contributed by atoms with van der Waals surface area (Å²) in [5, 5.41) is 7.11. The molecule has 0 saturated heterocycles. The minimum Gasteiger partial charge on any atom is -0.497 e. The minimum absolute atomic E-state index is 0.0562. The molecule has 0 saturated carbocycles. The average molecular weight is 325 g/mol. The zero-order valence-corrected chi connectivity index (χ0v) is 13.0. The maximum atomic E-state index is 12.6. The molecule has 2 aromatic rings. The number of alkyl halides is 2. The summed E-state index contributed by atoms with van der Waals surface area (Å²) < 4.78 is 41.6. The van der Waals surface area contributed by atoms with Gasteiger partial charge in [-0.25, -0.2) is 0 Å². The SMILES string of the molecule is COc1ccc2c(c1)OC(C)(C)CN(c1nnc(C(F)F)o1)C2. The highest BCUT2D eigenvalue weighted by molar-refractivity contribution is 5.45. The summed E-state index contributed by atoms with van der Waals surface area (Å²) in [6.45, 7) is 4.63. The van der Waals surface area contributed by atoms with Crippen molar-refractivity contribution >= 4 is 6.01 Å². The lowest BCUT2D eigenvalue weighted by atomic mass is 10.1. The van der Waals surface area contributed by atoms with E-state index in [-0.39, 0.29) is 6.01 Å². The molecule has 0 radical (unpaired) electrons. The first-order chi connectivity index (χ1) is 10.9. The molecule has 6 nitrogen and oxygen atoms in total. The monoisotopic (exact) mass is 325 g/mol. The Labute approximate surface area is 132 Å². The lowest BCUT2D eigenvalue weighted by Crippen LogP contribution is -2.40. The molecule has 0 fully saturated rings. The number of aromatic nitrogens is 2. The molecule has 2 heterocycles. The normalized spacial score (nSPS) is 16.7. The largest absolute Gasteiger partial charge is 0.497 e. The number of halogens is 2. The van der Waals surface area contributed by atoms with Gasteiger partial charge in [0.15, 0.2) is 0 Å². The zero-order chi connectivity index (χ0) is 16.6. The first-order valence-electron chi connectivity index (χ1n) is 7.10. The molecule has 0 unspecified atom stereocenters. The fourth-order valence-electron chi connectivity index (χ4n) is 2.52. The van der Waals surface area contributed by atoms with Gasteiger partial charge < -0.3 is 18.8 Å². The Balaban J connectivity index is 1.95. The summed E-state index contributed by atoms with van der Waals surface area (Å²) in [5.74, 6) is 0.689. The van der Waals surface area contributed by atoms with Crippen LogP contribution in [0.15, 0.2) is 22.6 Å². The van der Waals surface area contributed by atoms with Crippen LogP contribution in [0.1, 0.15) is 31.7 Å². The number of benzene rings is 1. The van der Waals surface area contributed by atoms with Crippen molar-refractivity contribution in [3.8, 4) is 11.5 Å². The Hall–Kier alpha value is -2.38. The second kappa shape index (κ2) is 5.68. The molecule has 0 amide bonds. The van der Waals surface area contributed by atoms with Crippen molar-refractivity contribution in [2.75, 3.05) is 18.6 Å². The van der Waals surface area contributed by atoms with Crippen LogP contribution < -0.4 is 14.4 Å². The van der Waals surface area contributed by atoms with Crippen LogP contribution in [-0.2, 0) is 6.54 Å². The lowest BCUT2D eigenvalue weighted by Gasteiger charge is -2.28. The first kappa shape index (κ1) is 15.5. The second-order valence-corrected chi connectivity index (χ2v) is 5.92. The fraction of sp³-hybridized carbons (Fsp3) is 0.467. The van der Waals surface area contributed by atoms with Crippen molar-refractivity contribution in [3.05, 3.63) is 29.7 Å². The molecule has 8 heteroatoms. The third-order valence-corrected chi connectivity index (χ3v) is 3.48. The van der Waals surface area contributed by atoms with Crippen LogP contribution in [0, 0.1) is 0 Å². The van der Waals surface area contributed by atoms with E-state index in [1.807, 2.05) is 26.0 Å². The van der Waals surface area contributed by atoms with Gasteiger partial charge in [0.2, 0.25) is 0 Å². The molecule has 3 rings (SSSR count). The Morgan fingerprint density at radius 3 is 2.74 bits per heavy atom. The van der Waals surface area contributed by atoms with Crippen LogP contribution in [0.3, 0.4) is 0 Å². The molecular weight excluding hydrogens is 308 g/mol. The number of rotatable bonds is 3. The van der Waals surface area contributed by atoms with E-state index in [0.29, 0.717) is 24.6 Å². The minimum atomic E-state index is -2.79. The predicted molar refractivity (Wildman–Crippen MR) is 78.0 cm³/mol. The molecule has 0 spiro atoms. The summed E-state index contributed by atoms with van der Waals surface area (Å²) in [7, 11) is 1.58. The third kappa shape index (κ3) is 3.20. The molecule has 1 aromatic carbocycles. The van der Waals surface area contributed by atoms with Crippen molar-refractivity contribution in [3.63, 3.8) is 0 Å². The number of fused-ring (bicyclic) bond motifs is 1. The predicted octanol–water partition coefficient (Wildman–Crippen LogP) is 3.19. The van der Waals surface area contributed by atoms with Crippen molar-refractivity contribution in [1.82, 2.24) is 10.2 Å². The molecular formula is C15H17F2N3O3. The van der Waals surface area contributed by atoms with Crippen LogP contribution in [0.5, 0.6) is 11.5 Å². The quantitative estimate of drug-likeness (QED) is 0.864. The Bertz CT molecular complexity index is 703. The van der Waals surface area contributed by atoms with Gasteiger partial charge in [-0.05, 0) is 26.0 Å². The molecule has 23 heavy (non-hydrogen) atoms. The number of hydrogen-bond acceptors (Lipinski definition) is 6. The summed E-state index contributed by atoms with van der Waals surface area (Å²) >= 11 is 0. The van der Waals surface area contributed by atoms with Crippen LogP contribution in [0.4, 0.5) is 14.8 Å². The maximum absolute atomic E-state index is 12.6. The summed E-state index contributed by atoms with van der Waals surface area (Å²) in [6.07, 6.45) is -2.79.